The minimum Gasteiger partial charge on any atom is -0.483 e. The van der Waals surface area contributed by atoms with Crippen LogP contribution in [0.5, 0.6) is 11.5 Å². The van der Waals surface area contributed by atoms with Crippen molar-refractivity contribution in [1.82, 2.24) is 0 Å². The fourth-order valence-corrected chi connectivity index (χ4v) is 1.16. The fourth-order valence-electron chi connectivity index (χ4n) is 1.16. The Kier molecular flexibility index (Phi) is 1.72. The lowest BCUT2D eigenvalue weighted by Gasteiger charge is -2.19. The van der Waals surface area contributed by atoms with Crippen molar-refractivity contribution in [2.24, 2.45) is 0 Å². The molecule has 13 heavy (non-hydrogen) atoms. The molecular weight excluding hydrogens is 180 g/mol. The number of ether oxygens (including phenoxy) is 2. The van der Waals surface area contributed by atoms with Crippen LogP contribution in [0.15, 0.2) is 6.07 Å². The smallest absolute Gasteiger partial charge is 0.202 e. The van der Waals surface area contributed by atoms with Crippen molar-refractivity contribution in [3.8, 4) is 11.5 Å². The molecule has 0 radical (unpaired) electrons. The third-order valence-corrected chi connectivity index (χ3v) is 1.73. The molecule has 0 saturated carbocycles. The average Bonchev–Trinajstić information content (AvgIpc) is 2.15. The van der Waals surface area contributed by atoms with E-state index in [-0.39, 0.29) is 30.4 Å². The number of fused-ring (bicyclic) bond motifs is 1. The Bertz CT molecular complexity index is 354. The Morgan fingerprint density at radius 2 is 1.77 bits per heavy atom. The monoisotopic (exact) mass is 187 g/mol. The van der Waals surface area contributed by atoms with E-state index in [9.17, 15) is 8.78 Å². The normalized spacial score (nSPS) is 14.3. The van der Waals surface area contributed by atoms with Crippen molar-refractivity contribution >= 4 is 5.69 Å². The van der Waals surface area contributed by atoms with Crippen LogP contribution < -0.4 is 15.2 Å². The average molecular weight is 187 g/mol. The van der Waals surface area contributed by atoms with Gasteiger partial charge in [0.2, 0.25) is 11.5 Å². The van der Waals surface area contributed by atoms with Gasteiger partial charge in [-0.1, -0.05) is 0 Å². The second kappa shape index (κ2) is 2.76. The maximum atomic E-state index is 13.2. The zero-order chi connectivity index (χ0) is 9.42. The van der Waals surface area contributed by atoms with E-state index in [0.29, 0.717) is 0 Å². The second-order valence-corrected chi connectivity index (χ2v) is 2.62. The lowest BCUT2D eigenvalue weighted by atomic mass is 10.2. The van der Waals surface area contributed by atoms with Gasteiger partial charge < -0.3 is 15.2 Å². The van der Waals surface area contributed by atoms with Gasteiger partial charge >= 0.3 is 0 Å². The number of halogens is 2. The van der Waals surface area contributed by atoms with Gasteiger partial charge in [0, 0.05) is 6.07 Å². The lowest BCUT2D eigenvalue weighted by Crippen LogP contribution is -2.18. The van der Waals surface area contributed by atoms with Crippen LogP contribution >= 0.6 is 0 Å². The van der Waals surface area contributed by atoms with Crippen LogP contribution in [-0.4, -0.2) is 13.2 Å². The minimum atomic E-state index is -0.767. The molecule has 0 amide bonds. The van der Waals surface area contributed by atoms with E-state index in [0.717, 1.165) is 6.07 Å². The third kappa shape index (κ3) is 1.16. The SMILES string of the molecule is Nc1cc(F)c2c(c1F)OCCO2. The summed E-state index contributed by atoms with van der Waals surface area (Å²) in [5.41, 5.74) is 4.92. The number of nitrogen functional groups attached to an aromatic ring is 1. The van der Waals surface area contributed by atoms with Crippen LogP contribution in [0.4, 0.5) is 14.5 Å². The van der Waals surface area contributed by atoms with Crippen molar-refractivity contribution in [1.29, 1.82) is 0 Å². The Morgan fingerprint density at radius 1 is 1.15 bits per heavy atom. The van der Waals surface area contributed by atoms with Gasteiger partial charge in [0.25, 0.3) is 0 Å². The molecule has 0 saturated heterocycles. The molecule has 0 atom stereocenters. The van der Waals surface area contributed by atoms with E-state index in [1.165, 1.54) is 0 Å². The molecule has 3 nitrogen and oxygen atoms in total. The summed E-state index contributed by atoms with van der Waals surface area (Å²) in [6, 6.07) is 0.878. The largest absolute Gasteiger partial charge is 0.483 e. The first kappa shape index (κ1) is 8.10. The minimum absolute atomic E-state index is 0.196. The molecule has 1 aromatic rings. The maximum absolute atomic E-state index is 13.2. The van der Waals surface area contributed by atoms with Crippen molar-refractivity contribution in [2.45, 2.75) is 0 Å². The van der Waals surface area contributed by atoms with Crippen molar-refractivity contribution in [3.63, 3.8) is 0 Å². The predicted molar refractivity (Wildman–Crippen MR) is 41.8 cm³/mol. The Labute approximate surface area is 73.1 Å². The number of hydrogen-bond donors (Lipinski definition) is 1. The van der Waals surface area contributed by atoms with Crippen molar-refractivity contribution in [2.75, 3.05) is 18.9 Å². The highest BCUT2D eigenvalue weighted by atomic mass is 19.1. The maximum Gasteiger partial charge on any atom is 0.202 e. The summed E-state index contributed by atoms with van der Waals surface area (Å²) in [6.07, 6.45) is 0. The first-order valence-electron chi connectivity index (χ1n) is 3.73. The van der Waals surface area contributed by atoms with Crippen LogP contribution in [0.25, 0.3) is 0 Å². The number of rotatable bonds is 0. The molecule has 0 bridgehead atoms. The van der Waals surface area contributed by atoms with Gasteiger partial charge in [-0.2, -0.15) is 0 Å². The predicted octanol–water partition coefficient (Wildman–Crippen LogP) is 1.32. The molecule has 1 aromatic carbocycles. The van der Waals surface area contributed by atoms with Gasteiger partial charge in [-0.3, -0.25) is 0 Å². The number of hydrogen-bond acceptors (Lipinski definition) is 3. The van der Waals surface area contributed by atoms with Crippen LogP contribution in [0.3, 0.4) is 0 Å². The van der Waals surface area contributed by atoms with E-state index in [2.05, 4.69) is 0 Å². The summed E-state index contributed by atoms with van der Waals surface area (Å²) < 4.78 is 36.0. The molecule has 0 aromatic heterocycles. The molecule has 0 unspecified atom stereocenters. The first-order valence-corrected chi connectivity index (χ1v) is 3.73. The van der Waals surface area contributed by atoms with Gasteiger partial charge in [-0.25, -0.2) is 8.78 Å². The molecule has 5 heteroatoms. The molecule has 0 spiro atoms. The zero-order valence-electron chi connectivity index (χ0n) is 6.64. The summed E-state index contributed by atoms with van der Waals surface area (Å²) in [6.45, 7) is 0.417. The van der Waals surface area contributed by atoms with Crippen LogP contribution in [0, 0.1) is 11.6 Å². The molecule has 0 fully saturated rings. The topological polar surface area (TPSA) is 44.5 Å². The summed E-state index contributed by atoms with van der Waals surface area (Å²) >= 11 is 0. The first-order chi connectivity index (χ1) is 6.20. The van der Waals surface area contributed by atoms with Gasteiger partial charge in [-0.05, 0) is 0 Å². The quantitative estimate of drug-likeness (QED) is 0.623. The van der Waals surface area contributed by atoms with E-state index in [1.54, 1.807) is 0 Å². The fraction of sp³-hybridized carbons (Fsp3) is 0.250. The van der Waals surface area contributed by atoms with E-state index >= 15 is 0 Å². The number of anilines is 1. The zero-order valence-corrected chi connectivity index (χ0v) is 6.64. The summed E-state index contributed by atoms with van der Waals surface area (Å²) in [5.74, 6) is -1.90. The highest BCUT2D eigenvalue weighted by molar-refractivity contribution is 5.55. The molecule has 2 N–H and O–H groups in total. The van der Waals surface area contributed by atoms with Crippen LogP contribution in [-0.2, 0) is 0 Å². The molecule has 0 aliphatic carbocycles. The molecule has 1 heterocycles. The molecule has 1 aliphatic heterocycles. The highest BCUT2D eigenvalue weighted by Gasteiger charge is 2.23. The highest BCUT2D eigenvalue weighted by Crippen LogP contribution is 2.38. The summed E-state index contributed by atoms with van der Waals surface area (Å²) in [4.78, 5) is 0. The standard InChI is InChI=1S/C8H7F2NO2/c9-4-3-5(11)6(10)8-7(4)12-1-2-13-8/h3H,1-2,11H2. The van der Waals surface area contributed by atoms with Gasteiger partial charge in [0.1, 0.15) is 13.2 Å². The molecule has 70 valence electrons. The Balaban J connectivity index is 2.63. The summed E-state index contributed by atoms with van der Waals surface area (Å²) in [7, 11) is 0. The third-order valence-electron chi connectivity index (χ3n) is 1.73. The second-order valence-electron chi connectivity index (χ2n) is 2.62. The van der Waals surface area contributed by atoms with Crippen LogP contribution in [0.1, 0.15) is 0 Å². The van der Waals surface area contributed by atoms with Gasteiger partial charge in [0.05, 0.1) is 5.69 Å². The van der Waals surface area contributed by atoms with Gasteiger partial charge in [-0.15, -0.1) is 0 Å². The number of benzene rings is 1. The molecule has 1 aliphatic rings. The Morgan fingerprint density at radius 3 is 2.46 bits per heavy atom. The van der Waals surface area contributed by atoms with Crippen molar-refractivity contribution in [3.05, 3.63) is 17.7 Å². The lowest BCUT2D eigenvalue weighted by molar-refractivity contribution is 0.157. The van der Waals surface area contributed by atoms with Gasteiger partial charge in [0.15, 0.2) is 11.6 Å². The summed E-state index contributed by atoms with van der Waals surface area (Å²) in [5, 5.41) is 0. The van der Waals surface area contributed by atoms with E-state index in [4.69, 9.17) is 15.2 Å². The molecule has 2 rings (SSSR count). The van der Waals surface area contributed by atoms with Crippen molar-refractivity contribution < 1.29 is 18.3 Å². The van der Waals surface area contributed by atoms with E-state index in [1.807, 2.05) is 0 Å². The van der Waals surface area contributed by atoms with E-state index < -0.39 is 11.6 Å². The Hall–Kier alpha value is -1.52. The van der Waals surface area contributed by atoms with Crippen LogP contribution in [0.2, 0.25) is 0 Å². The number of nitrogens with two attached hydrogens (primary N) is 1. The molecular formula is C8H7F2NO2.